The number of aliphatic hydroxyl groups is 1. The number of esters is 2. The maximum Gasteiger partial charge on any atom is 0.357 e. The highest BCUT2D eigenvalue weighted by molar-refractivity contribution is 8.01. The topological polar surface area (TPSA) is 85.7 Å². The third-order valence-corrected chi connectivity index (χ3v) is 6.16. The van der Waals surface area contributed by atoms with E-state index >= 15 is 0 Å². The Hall–Kier alpha value is -1.12. The first-order valence-corrected chi connectivity index (χ1v) is 9.95. The minimum Gasteiger partial charge on any atom is -0.462 e. The Labute approximate surface area is 149 Å². The van der Waals surface area contributed by atoms with E-state index in [1.165, 1.54) is 18.3 Å². The van der Waals surface area contributed by atoms with Gasteiger partial charge in [-0.3, -0.25) is 4.79 Å². The lowest BCUT2D eigenvalue weighted by Gasteiger charge is -2.23. The van der Waals surface area contributed by atoms with Gasteiger partial charge in [-0.05, 0) is 32.1 Å². The molecule has 1 aliphatic rings. The van der Waals surface area contributed by atoms with Gasteiger partial charge in [0.05, 0.1) is 6.61 Å². The number of aromatic nitrogens is 1. The first kappa shape index (κ1) is 19.2. The molecule has 0 bridgehead atoms. The van der Waals surface area contributed by atoms with Crippen LogP contribution in [-0.4, -0.2) is 47.1 Å². The van der Waals surface area contributed by atoms with Crippen molar-refractivity contribution < 1.29 is 24.2 Å². The highest BCUT2D eigenvalue weighted by Crippen LogP contribution is 2.38. The minimum absolute atomic E-state index is 0.105. The minimum atomic E-state index is -0.397. The van der Waals surface area contributed by atoms with Gasteiger partial charge in [-0.1, -0.05) is 11.8 Å². The van der Waals surface area contributed by atoms with Crippen LogP contribution in [0.3, 0.4) is 0 Å². The third kappa shape index (κ3) is 5.19. The first-order valence-electron chi connectivity index (χ1n) is 8.08. The Morgan fingerprint density at radius 1 is 1.46 bits per heavy atom. The molecule has 1 aliphatic carbocycles. The van der Waals surface area contributed by atoms with Crippen LogP contribution in [0, 0.1) is 11.8 Å². The van der Waals surface area contributed by atoms with Crippen LogP contribution in [-0.2, 0) is 14.3 Å². The molecule has 0 aromatic carbocycles. The van der Waals surface area contributed by atoms with Gasteiger partial charge in [-0.15, -0.1) is 11.3 Å². The van der Waals surface area contributed by atoms with Crippen LogP contribution in [0.2, 0.25) is 0 Å². The average molecular weight is 373 g/mol. The van der Waals surface area contributed by atoms with Crippen molar-refractivity contribution in [3.63, 3.8) is 0 Å². The predicted molar refractivity (Wildman–Crippen MR) is 92.3 cm³/mol. The third-order valence-electron chi connectivity index (χ3n) is 4.10. The molecule has 8 heteroatoms. The monoisotopic (exact) mass is 373 g/mol. The van der Waals surface area contributed by atoms with E-state index in [9.17, 15) is 14.7 Å². The molecule has 24 heavy (non-hydrogen) atoms. The summed E-state index contributed by atoms with van der Waals surface area (Å²) in [5, 5.41) is 11.2. The number of nitrogens with zero attached hydrogens (tertiary/aromatic N) is 1. The zero-order valence-corrected chi connectivity index (χ0v) is 15.5. The van der Waals surface area contributed by atoms with Crippen LogP contribution >= 0.6 is 23.1 Å². The summed E-state index contributed by atoms with van der Waals surface area (Å²) >= 11 is 3.00. The molecular weight excluding hydrogens is 350 g/mol. The Kier molecular flexibility index (Phi) is 7.51. The molecule has 1 aromatic heterocycles. The van der Waals surface area contributed by atoms with E-state index in [2.05, 4.69) is 4.98 Å². The van der Waals surface area contributed by atoms with Crippen LogP contribution in [0.15, 0.2) is 9.72 Å². The molecule has 1 saturated carbocycles. The molecule has 134 valence electrons. The molecule has 3 atom stereocenters. The molecular formula is C16H23NO5S2. The van der Waals surface area contributed by atoms with Gasteiger partial charge in [-0.25, -0.2) is 9.78 Å². The maximum atomic E-state index is 11.6. The van der Waals surface area contributed by atoms with E-state index in [0.717, 1.165) is 29.4 Å². The molecule has 0 amide bonds. The van der Waals surface area contributed by atoms with E-state index < -0.39 is 5.97 Å². The number of thiazole rings is 1. The number of hydrogen-bond donors (Lipinski definition) is 1. The molecule has 1 heterocycles. The van der Waals surface area contributed by atoms with E-state index in [4.69, 9.17) is 9.47 Å². The summed E-state index contributed by atoms with van der Waals surface area (Å²) in [5.74, 6) is 0.494. The van der Waals surface area contributed by atoms with E-state index in [1.807, 2.05) is 0 Å². The fraction of sp³-hybridized carbons (Fsp3) is 0.688. The van der Waals surface area contributed by atoms with Gasteiger partial charge in [0.15, 0.2) is 10.0 Å². The summed E-state index contributed by atoms with van der Waals surface area (Å²) in [6.07, 6.45) is 2.42. The van der Waals surface area contributed by atoms with Crippen molar-refractivity contribution in [2.45, 2.75) is 43.6 Å². The summed E-state index contributed by atoms with van der Waals surface area (Å²) < 4.78 is 11.1. The van der Waals surface area contributed by atoms with Crippen molar-refractivity contribution in [2.75, 3.05) is 19.0 Å². The quantitative estimate of drug-likeness (QED) is 0.554. The van der Waals surface area contributed by atoms with Gasteiger partial charge in [0, 0.05) is 30.6 Å². The predicted octanol–water partition coefficient (Wildman–Crippen LogP) is 2.75. The van der Waals surface area contributed by atoms with E-state index in [1.54, 1.807) is 24.1 Å². The lowest BCUT2D eigenvalue weighted by Crippen LogP contribution is -2.26. The van der Waals surface area contributed by atoms with Crippen molar-refractivity contribution in [3.8, 4) is 0 Å². The number of hydrogen-bond acceptors (Lipinski definition) is 8. The summed E-state index contributed by atoms with van der Waals surface area (Å²) in [4.78, 5) is 27.1. The second-order valence-electron chi connectivity index (χ2n) is 5.69. The number of ether oxygens (including phenoxy) is 2. The van der Waals surface area contributed by atoms with Crippen LogP contribution in [0.1, 0.15) is 43.6 Å². The first-order chi connectivity index (χ1) is 11.5. The van der Waals surface area contributed by atoms with Crippen molar-refractivity contribution in [1.82, 2.24) is 4.98 Å². The van der Waals surface area contributed by atoms with Crippen LogP contribution in [0.4, 0.5) is 0 Å². The molecule has 0 aliphatic heterocycles. The molecule has 1 fully saturated rings. The highest BCUT2D eigenvalue weighted by Gasteiger charge is 2.37. The van der Waals surface area contributed by atoms with Crippen molar-refractivity contribution >= 4 is 35.0 Å². The standard InChI is InChI=1S/C16H23NO5S2/c1-3-21-15(20)13-9-24-16(17-13)23-7-6-12-11(8-18)4-5-14(12)22-10(2)19/h9,11-12,14,18H,3-8H2,1-2H3. The van der Waals surface area contributed by atoms with E-state index in [-0.39, 0.29) is 30.5 Å². The second-order valence-corrected chi connectivity index (χ2v) is 7.89. The summed E-state index contributed by atoms with van der Waals surface area (Å²) in [7, 11) is 0. The normalized spacial score (nSPS) is 23.2. The fourth-order valence-electron chi connectivity index (χ4n) is 3.02. The van der Waals surface area contributed by atoms with Gasteiger partial charge >= 0.3 is 11.9 Å². The number of thioether (sulfide) groups is 1. The molecule has 1 aromatic rings. The zero-order valence-electron chi connectivity index (χ0n) is 13.9. The molecule has 0 radical (unpaired) electrons. The number of aliphatic hydroxyl groups excluding tert-OH is 1. The molecule has 1 N–H and O–H groups in total. The van der Waals surface area contributed by atoms with Gasteiger partial charge in [0.25, 0.3) is 0 Å². The fourth-order valence-corrected chi connectivity index (χ4v) is 4.93. The molecule has 0 saturated heterocycles. The second kappa shape index (κ2) is 9.39. The highest BCUT2D eigenvalue weighted by atomic mass is 32.2. The molecule has 3 unspecified atom stereocenters. The number of carbonyl (C=O) groups excluding carboxylic acids is 2. The van der Waals surface area contributed by atoms with Crippen LogP contribution < -0.4 is 0 Å². The van der Waals surface area contributed by atoms with Gasteiger partial charge in [0.2, 0.25) is 0 Å². The van der Waals surface area contributed by atoms with Gasteiger partial charge < -0.3 is 14.6 Å². The Bertz CT molecular complexity index is 562. The summed E-state index contributed by atoms with van der Waals surface area (Å²) in [5.41, 5.74) is 0.344. The molecule has 6 nitrogen and oxygen atoms in total. The summed E-state index contributed by atoms with van der Waals surface area (Å²) in [6.45, 7) is 3.64. The lowest BCUT2D eigenvalue weighted by atomic mass is 9.93. The number of carbonyl (C=O) groups is 2. The van der Waals surface area contributed by atoms with Crippen molar-refractivity contribution in [1.29, 1.82) is 0 Å². The van der Waals surface area contributed by atoms with Gasteiger partial charge in [0.1, 0.15) is 6.10 Å². The van der Waals surface area contributed by atoms with Gasteiger partial charge in [-0.2, -0.15) is 0 Å². The summed E-state index contributed by atoms with van der Waals surface area (Å²) in [6, 6.07) is 0. The van der Waals surface area contributed by atoms with Crippen molar-refractivity contribution in [2.24, 2.45) is 11.8 Å². The Morgan fingerprint density at radius 2 is 2.25 bits per heavy atom. The molecule has 2 rings (SSSR count). The molecule has 0 spiro atoms. The number of rotatable bonds is 8. The Balaban J connectivity index is 1.85. The van der Waals surface area contributed by atoms with Crippen LogP contribution in [0.25, 0.3) is 0 Å². The van der Waals surface area contributed by atoms with E-state index in [0.29, 0.717) is 12.3 Å². The zero-order chi connectivity index (χ0) is 17.5. The average Bonchev–Trinajstić information content (AvgIpc) is 3.15. The Morgan fingerprint density at radius 3 is 2.92 bits per heavy atom. The van der Waals surface area contributed by atoms with Crippen LogP contribution in [0.5, 0.6) is 0 Å². The SMILES string of the molecule is CCOC(=O)c1csc(SCCC2C(CO)CCC2OC(C)=O)n1. The van der Waals surface area contributed by atoms with Crippen molar-refractivity contribution in [3.05, 3.63) is 11.1 Å². The smallest absolute Gasteiger partial charge is 0.357 e. The largest absolute Gasteiger partial charge is 0.462 e. The lowest BCUT2D eigenvalue weighted by molar-refractivity contribution is -0.148. The maximum absolute atomic E-state index is 11.6.